The van der Waals surface area contributed by atoms with Gasteiger partial charge in [0.1, 0.15) is 24.7 Å². The number of sulfonamides is 1. The fourth-order valence-electron chi connectivity index (χ4n) is 2.71. The van der Waals surface area contributed by atoms with Crippen LogP contribution in [0.2, 0.25) is 0 Å². The number of para-hydroxylation sites is 2. The molecule has 0 aliphatic rings. The maximum Gasteiger partial charge on any atom is 0.335 e. The first kappa shape index (κ1) is 24.0. The van der Waals surface area contributed by atoms with E-state index in [4.69, 9.17) is 14.6 Å². The number of hydrogen-bond donors (Lipinski definition) is 3. The van der Waals surface area contributed by atoms with Crippen molar-refractivity contribution in [3.8, 4) is 11.5 Å². The predicted molar refractivity (Wildman–Crippen MR) is 123 cm³/mol. The number of thiazole rings is 1. The summed E-state index contributed by atoms with van der Waals surface area (Å²) in [4.78, 5) is 26.2. The number of rotatable bonds is 10. The van der Waals surface area contributed by atoms with Gasteiger partial charge in [-0.05, 0) is 43.3 Å². The van der Waals surface area contributed by atoms with E-state index in [9.17, 15) is 18.0 Å². The van der Waals surface area contributed by atoms with Crippen LogP contribution in [0.15, 0.2) is 52.7 Å². The number of carbonyl (C=O) groups excluding carboxylic acids is 1. The Bertz CT molecular complexity index is 1260. The third-order valence-corrected chi connectivity index (χ3v) is 7.17. The van der Waals surface area contributed by atoms with Crippen molar-refractivity contribution in [1.82, 2.24) is 4.98 Å². The van der Waals surface area contributed by atoms with Gasteiger partial charge in [0.05, 0.1) is 16.9 Å². The van der Waals surface area contributed by atoms with Gasteiger partial charge in [-0.1, -0.05) is 23.5 Å². The summed E-state index contributed by atoms with van der Waals surface area (Å²) in [5, 5.41) is 11.6. The van der Waals surface area contributed by atoms with Crippen LogP contribution in [0.4, 0.5) is 10.8 Å². The number of aromatic carboxylic acids is 1. The van der Waals surface area contributed by atoms with Crippen LogP contribution in [0.3, 0.4) is 0 Å². The highest BCUT2D eigenvalue weighted by atomic mass is 32.2. The number of nitrogens with one attached hydrogen (secondary N) is 2. The van der Waals surface area contributed by atoms with Crippen LogP contribution in [-0.4, -0.2) is 43.6 Å². The Morgan fingerprint density at radius 1 is 1.06 bits per heavy atom. The Kier molecular flexibility index (Phi) is 7.51. The van der Waals surface area contributed by atoms with Crippen LogP contribution in [0.25, 0.3) is 0 Å². The molecule has 0 aliphatic carbocycles. The van der Waals surface area contributed by atoms with Crippen molar-refractivity contribution in [2.45, 2.75) is 18.1 Å². The summed E-state index contributed by atoms with van der Waals surface area (Å²) in [6.45, 7) is 3.12. The summed E-state index contributed by atoms with van der Waals surface area (Å²) in [7, 11) is -3.97. The molecule has 174 valence electrons. The summed E-state index contributed by atoms with van der Waals surface area (Å²) >= 11 is 0.851. The van der Waals surface area contributed by atoms with E-state index >= 15 is 0 Å². The highest BCUT2D eigenvalue weighted by Crippen LogP contribution is 2.31. The van der Waals surface area contributed by atoms with Crippen molar-refractivity contribution >= 4 is 44.1 Å². The van der Waals surface area contributed by atoms with Crippen molar-refractivity contribution in [3.63, 3.8) is 0 Å². The number of aromatic nitrogens is 1. The van der Waals surface area contributed by atoms with E-state index < -0.39 is 16.0 Å². The van der Waals surface area contributed by atoms with Gasteiger partial charge in [-0.3, -0.25) is 9.52 Å². The molecule has 0 saturated carbocycles. The molecule has 1 heterocycles. The lowest BCUT2D eigenvalue weighted by atomic mass is 10.2. The SMILES string of the molecule is CC(=O)Nc1nc(C)c(S(=O)(=O)Nc2ccccc2OCCOc2ccc(C(=O)O)cc2)s1. The molecule has 3 N–H and O–H groups in total. The van der Waals surface area contributed by atoms with Crippen molar-refractivity contribution < 1.29 is 32.6 Å². The number of ether oxygens (including phenoxy) is 2. The molecule has 12 heteroatoms. The van der Waals surface area contributed by atoms with Gasteiger partial charge in [-0.2, -0.15) is 0 Å². The maximum atomic E-state index is 12.9. The first-order valence-corrected chi connectivity index (χ1v) is 11.9. The molecule has 0 saturated heterocycles. The largest absolute Gasteiger partial charge is 0.490 e. The van der Waals surface area contributed by atoms with Gasteiger partial charge >= 0.3 is 5.97 Å². The van der Waals surface area contributed by atoms with Crippen LogP contribution in [0.5, 0.6) is 11.5 Å². The minimum absolute atomic E-state index is 0.0193. The normalized spacial score (nSPS) is 11.0. The topological polar surface area (TPSA) is 144 Å². The second-order valence-corrected chi connectivity index (χ2v) is 9.58. The Labute approximate surface area is 194 Å². The monoisotopic (exact) mass is 491 g/mol. The lowest BCUT2D eigenvalue weighted by Gasteiger charge is -2.13. The quantitative estimate of drug-likeness (QED) is 0.366. The lowest BCUT2D eigenvalue weighted by Crippen LogP contribution is -2.15. The summed E-state index contributed by atoms with van der Waals surface area (Å²) in [5.41, 5.74) is 0.648. The van der Waals surface area contributed by atoms with Crippen molar-refractivity contribution in [1.29, 1.82) is 0 Å². The van der Waals surface area contributed by atoms with E-state index in [1.165, 1.54) is 31.2 Å². The summed E-state index contributed by atoms with van der Waals surface area (Å²) in [5.74, 6) is -0.591. The zero-order valence-electron chi connectivity index (χ0n) is 17.7. The third kappa shape index (κ3) is 6.43. The molecule has 33 heavy (non-hydrogen) atoms. The lowest BCUT2D eigenvalue weighted by molar-refractivity contribution is -0.114. The van der Waals surface area contributed by atoms with E-state index in [1.807, 2.05) is 0 Å². The van der Waals surface area contributed by atoms with E-state index in [0.717, 1.165) is 11.3 Å². The highest BCUT2D eigenvalue weighted by Gasteiger charge is 2.23. The molecule has 0 aliphatic heterocycles. The van der Waals surface area contributed by atoms with E-state index in [-0.39, 0.29) is 45.4 Å². The summed E-state index contributed by atoms with van der Waals surface area (Å²) in [6, 6.07) is 12.5. The smallest absolute Gasteiger partial charge is 0.335 e. The van der Waals surface area contributed by atoms with Crippen LogP contribution in [0, 0.1) is 6.92 Å². The molecule has 0 atom stereocenters. The predicted octanol–water partition coefficient (Wildman–Crippen LogP) is 3.37. The molecule has 0 unspecified atom stereocenters. The average Bonchev–Trinajstić information content (AvgIpc) is 3.12. The fraction of sp³-hybridized carbons (Fsp3) is 0.190. The number of hydrogen-bond acceptors (Lipinski definition) is 8. The van der Waals surface area contributed by atoms with E-state index in [1.54, 1.807) is 31.2 Å². The van der Waals surface area contributed by atoms with E-state index in [2.05, 4.69) is 15.0 Å². The van der Waals surface area contributed by atoms with Gasteiger partial charge in [-0.25, -0.2) is 18.2 Å². The number of carboxylic acids is 1. The molecule has 0 spiro atoms. The van der Waals surface area contributed by atoms with Gasteiger partial charge in [0.25, 0.3) is 10.0 Å². The molecule has 2 aromatic carbocycles. The fourth-order valence-corrected chi connectivity index (χ4v) is 5.24. The Morgan fingerprint density at radius 3 is 2.39 bits per heavy atom. The maximum absolute atomic E-state index is 12.9. The number of carbonyl (C=O) groups is 2. The molecule has 10 nitrogen and oxygen atoms in total. The van der Waals surface area contributed by atoms with Crippen molar-refractivity contribution in [2.75, 3.05) is 23.3 Å². The Balaban J connectivity index is 1.63. The standard InChI is InChI=1S/C21H21N3O7S2/c1-13-20(32-21(22-13)23-14(2)25)33(28,29)24-17-5-3-4-6-18(17)31-12-11-30-16-9-7-15(8-10-16)19(26)27/h3-10,24H,11-12H2,1-2H3,(H,26,27)(H,22,23,25). The first-order chi connectivity index (χ1) is 15.7. The second-order valence-electron chi connectivity index (χ2n) is 6.70. The summed E-state index contributed by atoms with van der Waals surface area (Å²) in [6.07, 6.45) is 0. The molecule has 0 bridgehead atoms. The van der Waals surface area contributed by atoms with Gasteiger partial charge in [0.15, 0.2) is 9.34 Å². The zero-order chi connectivity index (χ0) is 24.0. The van der Waals surface area contributed by atoms with Crippen LogP contribution in [-0.2, 0) is 14.8 Å². The number of benzene rings is 2. The molecule has 3 rings (SSSR count). The molecule has 0 fully saturated rings. The van der Waals surface area contributed by atoms with Crippen LogP contribution in [0.1, 0.15) is 23.0 Å². The number of amides is 1. The average molecular weight is 492 g/mol. The van der Waals surface area contributed by atoms with Crippen LogP contribution < -0.4 is 19.5 Å². The summed E-state index contributed by atoms with van der Waals surface area (Å²) < 4.78 is 39.5. The molecular weight excluding hydrogens is 470 g/mol. The van der Waals surface area contributed by atoms with Gasteiger partial charge in [0.2, 0.25) is 5.91 Å². The molecule has 1 amide bonds. The van der Waals surface area contributed by atoms with Crippen molar-refractivity contribution in [2.24, 2.45) is 0 Å². The number of anilines is 2. The molecule has 1 aromatic heterocycles. The molecule has 3 aromatic rings. The van der Waals surface area contributed by atoms with Crippen LogP contribution >= 0.6 is 11.3 Å². The molecule has 0 radical (unpaired) electrons. The first-order valence-electron chi connectivity index (χ1n) is 9.61. The van der Waals surface area contributed by atoms with Gasteiger partial charge < -0.3 is 19.9 Å². The highest BCUT2D eigenvalue weighted by molar-refractivity contribution is 7.94. The number of aryl methyl sites for hydroxylation is 1. The minimum atomic E-state index is -3.97. The minimum Gasteiger partial charge on any atom is -0.490 e. The Hall–Kier alpha value is -3.64. The number of carboxylic acid groups (broad SMARTS) is 1. The Morgan fingerprint density at radius 2 is 1.73 bits per heavy atom. The zero-order valence-corrected chi connectivity index (χ0v) is 19.3. The molecular formula is C21H21N3O7S2. The number of nitrogens with zero attached hydrogens (tertiary/aromatic N) is 1. The van der Waals surface area contributed by atoms with Gasteiger partial charge in [-0.15, -0.1) is 0 Å². The third-order valence-electron chi connectivity index (χ3n) is 4.12. The van der Waals surface area contributed by atoms with Gasteiger partial charge in [0, 0.05) is 6.92 Å². The van der Waals surface area contributed by atoms with Crippen molar-refractivity contribution in [3.05, 3.63) is 59.8 Å². The second kappa shape index (κ2) is 10.3. The van der Waals surface area contributed by atoms with E-state index in [0.29, 0.717) is 11.5 Å².